The molecule has 0 unspecified atom stereocenters. The molecule has 0 spiro atoms. The number of hydrogen-bond acceptors (Lipinski definition) is 3. The molecule has 0 radical (unpaired) electrons. The van der Waals surface area contributed by atoms with Crippen LogP contribution in [0.25, 0.3) is 0 Å². The van der Waals surface area contributed by atoms with Crippen molar-refractivity contribution in [2.24, 2.45) is 5.92 Å². The zero-order valence-corrected chi connectivity index (χ0v) is 15.0. The van der Waals surface area contributed by atoms with Crippen molar-refractivity contribution in [3.63, 3.8) is 0 Å². The van der Waals surface area contributed by atoms with Crippen LogP contribution in [0.5, 0.6) is 0 Å². The smallest absolute Gasteiger partial charge is 0.247 e. The third-order valence-corrected chi connectivity index (χ3v) is 4.41. The summed E-state index contributed by atoms with van der Waals surface area (Å²) in [6.07, 6.45) is 5.10. The molecule has 2 amide bonds. The number of carbonyl (C=O) groups excluding carboxylic acids is 2. The number of nitrogens with zero attached hydrogens (tertiary/aromatic N) is 1. The van der Waals surface area contributed by atoms with Gasteiger partial charge in [-0.2, -0.15) is 0 Å². The van der Waals surface area contributed by atoms with Gasteiger partial charge in [0.15, 0.2) is 0 Å². The normalized spacial score (nSPS) is 16.4. The van der Waals surface area contributed by atoms with Crippen molar-refractivity contribution in [1.29, 1.82) is 0 Å². The molecule has 0 aliphatic carbocycles. The number of amides is 2. The molecule has 0 saturated carbocycles. The number of nitrogens with one attached hydrogen (secondary N) is 2. The highest BCUT2D eigenvalue weighted by molar-refractivity contribution is 5.97. The van der Waals surface area contributed by atoms with Gasteiger partial charge in [-0.25, -0.2) is 0 Å². The third kappa shape index (κ3) is 5.25. The molecule has 1 atom stereocenters. The first-order valence-corrected chi connectivity index (χ1v) is 8.90. The fourth-order valence-corrected chi connectivity index (χ4v) is 3.06. The van der Waals surface area contributed by atoms with Gasteiger partial charge in [0.1, 0.15) is 6.04 Å². The Morgan fingerprint density at radius 2 is 1.58 bits per heavy atom. The van der Waals surface area contributed by atoms with E-state index in [1.807, 2.05) is 26.0 Å². The summed E-state index contributed by atoms with van der Waals surface area (Å²) < 4.78 is 0. The molecule has 1 aromatic rings. The SMILES string of the molecule is CC(=O)N[C@H](C(=O)Nc1ccc(N2CCCCCC2)cc1)C(C)C. The van der Waals surface area contributed by atoms with E-state index >= 15 is 0 Å². The molecule has 2 N–H and O–H groups in total. The first-order chi connectivity index (χ1) is 11.5. The van der Waals surface area contributed by atoms with Crippen molar-refractivity contribution in [1.82, 2.24) is 5.32 Å². The van der Waals surface area contributed by atoms with E-state index in [0.29, 0.717) is 0 Å². The fourth-order valence-electron chi connectivity index (χ4n) is 3.06. The maximum Gasteiger partial charge on any atom is 0.247 e. The minimum absolute atomic E-state index is 0.0327. The maximum atomic E-state index is 12.4. The predicted octanol–water partition coefficient (Wildman–Crippen LogP) is 3.17. The Morgan fingerprint density at radius 3 is 2.08 bits per heavy atom. The molecule has 1 heterocycles. The van der Waals surface area contributed by atoms with Crippen LogP contribution in [0.3, 0.4) is 0 Å². The largest absolute Gasteiger partial charge is 0.372 e. The predicted molar refractivity (Wildman–Crippen MR) is 98.2 cm³/mol. The Kier molecular flexibility index (Phi) is 6.64. The summed E-state index contributed by atoms with van der Waals surface area (Å²) in [5.74, 6) is -0.339. The summed E-state index contributed by atoms with van der Waals surface area (Å²) in [4.78, 5) is 26.1. The quantitative estimate of drug-likeness (QED) is 0.871. The van der Waals surface area contributed by atoms with Gasteiger partial charge in [0.05, 0.1) is 0 Å². The van der Waals surface area contributed by atoms with Crippen molar-refractivity contribution in [2.45, 2.75) is 52.5 Å². The van der Waals surface area contributed by atoms with Crippen LogP contribution in [-0.4, -0.2) is 30.9 Å². The lowest BCUT2D eigenvalue weighted by molar-refractivity contribution is -0.126. The molecule has 1 saturated heterocycles. The van der Waals surface area contributed by atoms with Crippen LogP contribution in [0.15, 0.2) is 24.3 Å². The van der Waals surface area contributed by atoms with Crippen LogP contribution in [0.2, 0.25) is 0 Å². The number of hydrogen-bond donors (Lipinski definition) is 2. The highest BCUT2D eigenvalue weighted by Gasteiger charge is 2.23. The van der Waals surface area contributed by atoms with E-state index in [4.69, 9.17) is 0 Å². The van der Waals surface area contributed by atoms with Gasteiger partial charge in [0, 0.05) is 31.4 Å². The van der Waals surface area contributed by atoms with Crippen LogP contribution in [-0.2, 0) is 9.59 Å². The van der Waals surface area contributed by atoms with E-state index in [9.17, 15) is 9.59 Å². The topological polar surface area (TPSA) is 61.4 Å². The van der Waals surface area contributed by atoms with Crippen molar-refractivity contribution in [3.8, 4) is 0 Å². The second-order valence-electron chi connectivity index (χ2n) is 6.86. The van der Waals surface area contributed by atoms with Gasteiger partial charge >= 0.3 is 0 Å². The van der Waals surface area contributed by atoms with Gasteiger partial charge in [-0.05, 0) is 43.0 Å². The van der Waals surface area contributed by atoms with Crippen molar-refractivity contribution in [3.05, 3.63) is 24.3 Å². The fraction of sp³-hybridized carbons (Fsp3) is 0.579. The molecule has 5 heteroatoms. The van der Waals surface area contributed by atoms with Gasteiger partial charge in [-0.1, -0.05) is 26.7 Å². The van der Waals surface area contributed by atoms with Crippen molar-refractivity contribution >= 4 is 23.2 Å². The average molecular weight is 331 g/mol. The van der Waals surface area contributed by atoms with Crippen LogP contribution in [0, 0.1) is 5.92 Å². The highest BCUT2D eigenvalue weighted by Crippen LogP contribution is 2.21. The summed E-state index contributed by atoms with van der Waals surface area (Å²) in [5.41, 5.74) is 1.96. The minimum atomic E-state index is -0.521. The van der Waals surface area contributed by atoms with E-state index < -0.39 is 6.04 Å². The second kappa shape index (κ2) is 8.71. The molecule has 1 aliphatic heterocycles. The zero-order chi connectivity index (χ0) is 17.5. The van der Waals surface area contributed by atoms with Crippen LogP contribution in [0.1, 0.15) is 46.5 Å². The summed E-state index contributed by atoms with van der Waals surface area (Å²) in [6.45, 7) is 7.47. The Morgan fingerprint density at radius 1 is 1.00 bits per heavy atom. The van der Waals surface area contributed by atoms with E-state index in [-0.39, 0.29) is 17.7 Å². The molecule has 24 heavy (non-hydrogen) atoms. The first kappa shape index (κ1) is 18.3. The number of rotatable bonds is 5. The van der Waals surface area contributed by atoms with Crippen LogP contribution < -0.4 is 15.5 Å². The summed E-state index contributed by atoms with van der Waals surface area (Å²) in [6, 6.07) is 7.47. The van der Waals surface area contributed by atoms with E-state index in [2.05, 4.69) is 27.7 Å². The van der Waals surface area contributed by atoms with Crippen molar-refractivity contribution < 1.29 is 9.59 Å². The highest BCUT2D eigenvalue weighted by atomic mass is 16.2. The maximum absolute atomic E-state index is 12.4. The standard InChI is InChI=1S/C19H29N3O2/c1-14(2)18(20-15(3)23)19(24)21-16-8-10-17(11-9-16)22-12-6-4-5-7-13-22/h8-11,14,18H,4-7,12-13H2,1-3H3,(H,20,23)(H,21,24)/t18-/m0/s1. The molecule has 1 aromatic carbocycles. The summed E-state index contributed by atoms with van der Waals surface area (Å²) in [5, 5.41) is 5.61. The number of carbonyl (C=O) groups is 2. The Bertz CT molecular complexity index is 546. The lowest BCUT2D eigenvalue weighted by atomic mass is 10.0. The van der Waals surface area contributed by atoms with E-state index in [1.54, 1.807) is 0 Å². The monoisotopic (exact) mass is 331 g/mol. The molecular formula is C19H29N3O2. The first-order valence-electron chi connectivity index (χ1n) is 8.90. The van der Waals surface area contributed by atoms with Gasteiger partial charge in [0.25, 0.3) is 0 Å². The second-order valence-corrected chi connectivity index (χ2v) is 6.86. The molecule has 0 bridgehead atoms. The molecule has 2 rings (SSSR count). The van der Waals surface area contributed by atoms with Crippen LogP contribution in [0.4, 0.5) is 11.4 Å². The molecule has 132 valence electrons. The Labute approximate surface area is 144 Å². The lowest BCUT2D eigenvalue weighted by Crippen LogP contribution is -2.46. The average Bonchev–Trinajstić information content (AvgIpc) is 2.82. The van der Waals surface area contributed by atoms with Gasteiger partial charge < -0.3 is 15.5 Å². The lowest BCUT2D eigenvalue weighted by Gasteiger charge is -2.23. The third-order valence-electron chi connectivity index (χ3n) is 4.41. The molecule has 1 fully saturated rings. The number of benzene rings is 1. The Balaban J connectivity index is 1.99. The molecule has 5 nitrogen and oxygen atoms in total. The van der Waals surface area contributed by atoms with E-state index in [0.717, 1.165) is 18.8 Å². The molecular weight excluding hydrogens is 302 g/mol. The van der Waals surface area contributed by atoms with Gasteiger partial charge in [-0.15, -0.1) is 0 Å². The Hall–Kier alpha value is -2.04. The van der Waals surface area contributed by atoms with Crippen LogP contribution >= 0.6 is 0 Å². The minimum Gasteiger partial charge on any atom is -0.372 e. The molecule has 0 aromatic heterocycles. The molecule has 1 aliphatic rings. The summed E-state index contributed by atoms with van der Waals surface area (Å²) in [7, 11) is 0. The van der Waals surface area contributed by atoms with E-state index in [1.165, 1.54) is 38.3 Å². The zero-order valence-electron chi connectivity index (χ0n) is 15.0. The summed E-state index contributed by atoms with van der Waals surface area (Å²) >= 11 is 0. The van der Waals surface area contributed by atoms with Gasteiger partial charge in [-0.3, -0.25) is 9.59 Å². The number of anilines is 2. The van der Waals surface area contributed by atoms with Crippen molar-refractivity contribution in [2.75, 3.05) is 23.3 Å². The van der Waals surface area contributed by atoms with Gasteiger partial charge in [0.2, 0.25) is 11.8 Å².